The highest BCUT2D eigenvalue weighted by Gasteiger charge is 2.26. The van der Waals surface area contributed by atoms with E-state index in [9.17, 15) is 4.79 Å². The van der Waals surface area contributed by atoms with Crippen molar-refractivity contribution in [1.82, 2.24) is 20.4 Å². The summed E-state index contributed by atoms with van der Waals surface area (Å²) in [6.45, 7) is 5.07. The van der Waals surface area contributed by atoms with Crippen molar-refractivity contribution in [3.63, 3.8) is 0 Å². The quantitative estimate of drug-likeness (QED) is 0.382. The number of amides is 1. The third kappa shape index (κ3) is 6.79. The molecule has 8 nitrogen and oxygen atoms in total. The lowest BCUT2D eigenvalue weighted by molar-refractivity contribution is -0.126. The normalized spacial score (nSPS) is 14.5. The third-order valence-corrected chi connectivity index (χ3v) is 7.50. The van der Waals surface area contributed by atoms with Gasteiger partial charge in [0.1, 0.15) is 0 Å². The predicted octanol–water partition coefficient (Wildman–Crippen LogP) is 4.32. The zero-order valence-electron chi connectivity index (χ0n) is 21.2. The zero-order chi connectivity index (χ0) is 25.3. The van der Waals surface area contributed by atoms with E-state index >= 15 is 0 Å². The van der Waals surface area contributed by atoms with Crippen LogP contribution in [-0.4, -0.2) is 60.6 Å². The van der Waals surface area contributed by atoms with E-state index in [1.807, 2.05) is 30.0 Å². The fourth-order valence-electron chi connectivity index (χ4n) is 4.30. The van der Waals surface area contributed by atoms with Crippen LogP contribution in [0, 0.1) is 12.8 Å². The Bertz CT molecular complexity index is 1140. The second-order valence-corrected chi connectivity index (χ2v) is 10.0. The van der Waals surface area contributed by atoms with Crippen molar-refractivity contribution in [2.24, 2.45) is 5.92 Å². The molecular weight excluding hydrogens is 476 g/mol. The summed E-state index contributed by atoms with van der Waals surface area (Å²) in [4.78, 5) is 19.4. The first kappa shape index (κ1) is 26.0. The van der Waals surface area contributed by atoms with Crippen molar-refractivity contribution in [3.8, 4) is 22.9 Å². The van der Waals surface area contributed by atoms with Crippen molar-refractivity contribution in [2.45, 2.75) is 32.1 Å². The van der Waals surface area contributed by atoms with Gasteiger partial charge in [-0.25, -0.2) is 0 Å². The molecule has 0 atom stereocenters. The number of piperidine rings is 1. The molecular formula is C27H34N4O4S. The van der Waals surface area contributed by atoms with Crippen LogP contribution in [0.25, 0.3) is 11.4 Å². The van der Waals surface area contributed by atoms with Crippen LogP contribution in [0.2, 0.25) is 0 Å². The van der Waals surface area contributed by atoms with Crippen LogP contribution in [0.5, 0.6) is 11.5 Å². The van der Waals surface area contributed by atoms with Gasteiger partial charge < -0.3 is 19.3 Å². The lowest BCUT2D eigenvalue weighted by atomic mass is 9.96. The minimum Gasteiger partial charge on any atom is -0.493 e. The molecule has 0 spiro atoms. The highest BCUT2D eigenvalue weighted by molar-refractivity contribution is 7.98. The summed E-state index contributed by atoms with van der Waals surface area (Å²) < 4.78 is 16.1. The topological polar surface area (TPSA) is 89.7 Å². The maximum absolute atomic E-state index is 12.6. The Balaban J connectivity index is 1.17. The molecule has 2 aromatic carbocycles. The number of hydrogen-bond donors (Lipinski definition) is 1. The summed E-state index contributed by atoms with van der Waals surface area (Å²) >= 11 is 1.86. The molecule has 36 heavy (non-hydrogen) atoms. The number of aromatic nitrogens is 2. The van der Waals surface area contributed by atoms with E-state index in [0.29, 0.717) is 36.3 Å². The summed E-state index contributed by atoms with van der Waals surface area (Å²) in [6.07, 6.45) is 1.66. The number of methoxy groups -OCH3 is 2. The highest BCUT2D eigenvalue weighted by atomic mass is 32.2. The number of carbonyl (C=O) groups is 1. The van der Waals surface area contributed by atoms with Crippen LogP contribution in [0.4, 0.5) is 0 Å². The molecule has 1 aliphatic heterocycles. The standard InChI is InChI=1S/C27H34N4O4S/c1-19-6-4-5-7-22(19)18-36-15-12-28-27(32)20-10-13-31(14-11-20)17-25-29-26(30-35-25)21-8-9-23(33-2)24(16-21)34-3/h4-9,16,20H,10-15,17-18H2,1-3H3,(H,28,32). The summed E-state index contributed by atoms with van der Waals surface area (Å²) in [5.74, 6) is 4.47. The Morgan fingerprint density at radius 1 is 1.14 bits per heavy atom. The Labute approximate surface area is 216 Å². The molecule has 0 aliphatic carbocycles. The van der Waals surface area contributed by atoms with Crippen molar-refractivity contribution < 1.29 is 18.8 Å². The number of carbonyl (C=O) groups excluding carboxylic acids is 1. The first-order valence-corrected chi connectivity index (χ1v) is 13.4. The van der Waals surface area contributed by atoms with Crippen LogP contribution in [0.15, 0.2) is 47.0 Å². The number of nitrogens with zero attached hydrogens (tertiary/aromatic N) is 3. The van der Waals surface area contributed by atoms with Gasteiger partial charge in [-0.15, -0.1) is 0 Å². The average Bonchev–Trinajstić information content (AvgIpc) is 3.37. The SMILES string of the molecule is COc1ccc(-c2noc(CN3CCC(C(=O)NCCSCc4ccccc4C)CC3)n2)cc1OC. The fourth-order valence-corrected chi connectivity index (χ4v) is 5.24. The first-order valence-electron chi connectivity index (χ1n) is 12.2. The first-order chi connectivity index (χ1) is 17.6. The summed E-state index contributed by atoms with van der Waals surface area (Å²) in [5.41, 5.74) is 3.48. The molecule has 0 saturated carbocycles. The van der Waals surface area contributed by atoms with E-state index < -0.39 is 0 Å². The van der Waals surface area contributed by atoms with Crippen LogP contribution in [0.1, 0.15) is 29.9 Å². The Hall–Kier alpha value is -3.04. The van der Waals surface area contributed by atoms with E-state index in [4.69, 9.17) is 14.0 Å². The minimum atomic E-state index is 0.0626. The van der Waals surface area contributed by atoms with Gasteiger partial charge in [0.2, 0.25) is 17.6 Å². The molecule has 1 amide bonds. The highest BCUT2D eigenvalue weighted by Crippen LogP contribution is 2.31. The molecule has 0 bridgehead atoms. The van der Waals surface area contributed by atoms with E-state index in [1.54, 1.807) is 14.2 Å². The van der Waals surface area contributed by atoms with Gasteiger partial charge >= 0.3 is 0 Å². The lowest BCUT2D eigenvalue weighted by Crippen LogP contribution is -2.40. The molecule has 1 saturated heterocycles. The minimum absolute atomic E-state index is 0.0626. The number of nitrogens with one attached hydrogen (secondary N) is 1. The number of benzene rings is 2. The van der Waals surface area contributed by atoms with Crippen molar-refractivity contribution >= 4 is 17.7 Å². The maximum atomic E-state index is 12.6. The van der Waals surface area contributed by atoms with Crippen LogP contribution >= 0.6 is 11.8 Å². The van der Waals surface area contributed by atoms with E-state index in [1.165, 1.54) is 11.1 Å². The predicted molar refractivity (Wildman–Crippen MR) is 141 cm³/mol. The monoisotopic (exact) mass is 510 g/mol. The summed E-state index contributed by atoms with van der Waals surface area (Å²) in [7, 11) is 3.20. The number of aryl methyl sites for hydroxylation is 1. The average molecular weight is 511 g/mol. The second kappa shape index (κ2) is 12.8. The van der Waals surface area contributed by atoms with Crippen LogP contribution in [0.3, 0.4) is 0 Å². The largest absolute Gasteiger partial charge is 0.493 e. The third-order valence-electron chi connectivity index (χ3n) is 6.49. The van der Waals surface area contributed by atoms with Gasteiger partial charge in [0.05, 0.1) is 20.8 Å². The summed E-state index contributed by atoms with van der Waals surface area (Å²) in [5, 5.41) is 7.24. The van der Waals surface area contributed by atoms with Gasteiger partial charge in [0.15, 0.2) is 11.5 Å². The number of ether oxygens (including phenoxy) is 2. The van der Waals surface area contributed by atoms with E-state index in [2.05, 4.69) is 51.5 Å². The van der Waals surface area contributed by atoms with E-state index in [-0.39, 0.29) is 11.8 Å². The smallest absolute Gasteiger partial charge is 0.241 e. The van der Waals surface area contributed by atoms with Crippen molar-refractivity contribution in [3.05, 3.63) is 59.5 Å². The fraction of sp³-hybridized carbons (Fsp3) is 0.444. The van der Waals surface area contributed by atoms with Crippen LogP contribution < -0.4 is 14.8 Å². The number of thioether (sulfide) groups is 1. The summed E-state index contributed by atoms with van der Waals surface area (Å²) in [6, 6.07) is 14.0. The van der Waals surface area contributed by atoms with Gasteiger partial charge in [-0.3, -0.25) is 9.69 Å². The van der Waals surface area contributed by atoms with E-state index in [0.717, 1.165) is 43.0 Å². The van der Waals surface area contributed by atoms with Gasteiger partial charge in [0, 0.05) is 29.5 Å². The lowest BCUT2D eigenvalue weighted by Gasteiger charge is -2.30. The molecule has 2 heterocycles. The number of rotatable bonds is 11. The molecule has 1 aliphatic rings. The molecule has 1 aromatic heterocycles. The van der Waals surface area contributed by atoms with Gasteiger partial charge in [0.25, 0.3) is 0 Å². The maximum Gasteiger partial charge on any atom is 0.241 e. The molecule has 1 N–H and O–H groups in total. The molecule has 3 aromatic rings. The van der Waals surface area contributed by atoms with Gasteiger partial charge in [-0.2, -0.15) is 16.7 Å². The Morgan fingerprint density at radius 3 is 2.67 bits per heavy atom. The molecule has 0 unspecified atom stereocenters. The molecule has 192 valence electrons. The van der Waals surface area contributed by atoms with Crippen LogP contribution in [-0.2, 0) is 17.1 Å². The van der Waals surface area contributed by atoms with Gasteiger partial charge in [-0.1, -0.05) is 29.4 Å². The van der Waals surface area contributed by atoms with Gasteiger partial charge in [-0.05, 0) is 62.2 Å². The number of hydrogen-bond acceptors (Lipinski definition) is 8. The molecule has 0 radical (unpaired) electrons. The molecule has 4 rings (SSSR count). The molecule has 1 fully saturated rings. The second-order valence-electron chi connectivity index (χ2n) is 8.90. The molecule has 9 heteroatoms. The Morgan fingerprint density at radius 2 is 1.92 bits per heavy atom. The number of likely N-dealkylation sites (tertiary alicyclic amines) is 1. The zero-order valence-corrected chi connectivity index (χ0v) is 22.0. The van der Waals surface area contributed by atoms with Crippen molar-refractivity contribution in [1.29, 1.82) is 0 Å². The van der Waals surface area contributed by atoms with Crippen molar-refractivity contribution in [2.75, 3.05) is 39.6 Å². The Kier molecular flexibility index (Phi) is 9.24.